The van der Waals surface area contributed by atoms with Crippen LogP contribution in [0.5, 0.6) is 0 Å². The van der Waals surface area contributed by atoms with Crippen molar-refractivity contribution in [1.82, 2.24) is 4.57 Å². The number of ether oxygens (including phenoxy) is 3. The van der Waals surface area contributed by atoms with E-state index in [2.05, 4.69) is 19.6 Å². The average molecular weight is 370 g/mol. The molecule has 0 spiro atoms. The fourth-order valence-corrected chi connectivity index (χ4v) is 3.75. The summed E-state index contributed by atoms with van der Waals surface area (Å²) in [6.07, 6.45) is 9.68. The Morgan fingerprint density at radius 1 is 1.29 bits per heavy atom. The summed E-state index contributed by atoms with van der Waals surface area (Å²) in [5, 5.41) is -0.940. The first kappa shape index (κ1) is 19.3. The maximum atomic E-state index is 6.65. The molecule has 0 amide bonds. The lowest BCUT2D eigenvalue weighted by molar-refractivity contribution is 0.0685. The third-order valence-electron chi connectivity index (χ3n) is 4.15. The van der Waals surface area contributed by atoms with Gasteiger partial charge in [-0.15, -0.1) is 0 Å². The molecule has 0 saturated heterocycles. The van der Waals surface area contributed by atoms with Crippen molar-refractivity contribution in [1.29, 1.82) is 0 Å². The minimum absolute atomic E-state index is 0.192. The van der Waals surface area contributed by atoms with Crippen LogP contribution in [0.2, 0.25) is 25.7 Å². The highest BCUT2D eigenvalue weighted by molar-refractivity contribution is 6.76. The number of halogens is 1. The van der Waals surface area contributed by atoms with Gasteiger partial charge >= 0.3 is 0 Å². The van der Waals surface area contributed by atoms with Crippen molar-refractivity contribution in [3.63, 3.8) is 0 Å². The van der Waals surface area contributed by atoms with Crippen LogP contribution >= 0.6 is 11.6 Å². The second-order valence-corrected chi connectivity index (χ2v) is 13.5. The van der Waals surface area contributed by atoms with Crippen molar-refractivity contribution in [3.8, 4) is 0 Å². The zero-order chi connectivity index (χ0) is 17.8. The van der Waals surface area contributed by atoms with E-state index < -0.39 is 13.1 Å². The van der Waals surface area contributed by atoms with E-state index in [0.717, 1.165) is 17.9 Å². The van der Waals surface area contributed by atoms with E-state index >= 15 is 0 Å². The number of allylic oxidation sites excluding steroid dienone is 2. The van der Waals surface area contributed by atoms with Crippen molar-refractivity contribution in [2.45, 2.75) is 43.4 Å². The van der Waals surface area contributed by atoms with Crippen LogP contribution < -0.4 is 0 Å². The second-order valence-electron chi connectivity index (χ2n) is 7.27. The minimum atomic E-state index is -1.05. The van der Waals surface area contributed by atoms with Crippen molar-refractivity contribution in [2.24, 2.45) is 0 Å². The largest absolute Gasteiger partial charge is 0.500 e. The normalized spacial score (nSPS) is 24.1. The van der Waals surface area contributed by atoms with Gasteiger partial charge in [-0.25, -0.2) is 0 Å². The molecule has 134 valence electrons. The maximum absolute atomic E-state index is 6.65. The van der Waals surface area contributed by atoms with Gasteiger partial charge in [0.15, 0.2) is 5.06 Å². The van der Waals surface area contributed by atoms with Gasteiger partial charge in [0, 0.05) is 34.2 Å². The number of hydrogen-bond donors (Lipinski definition) is 0. The summed E-state index contributed by atoms with van der Waals surface area (Å²) in [5.74, 6) is 0.592. The number of hydrogen-bond acceptors (Lipinski definition) is 3. The molecule has 0 N–H and O–H groups in total. The Kier molecular flexibility index (Phi) is 6.37. The molecular formula is C18H28ClNO3Si. The Labute approximate surface area is 151 Å². The average Bonchev–Trinajstić information content (AvgIpc) is 2.98. The topological polar surface area (TPSA) is 32.6 Å². The lowest BCUT2D eigenvalue weighted by Gasteiger charge is -2.34. The molecule has 0 saturated carbocycles. The first-order chi connectivity index (χ1) is 11.3. The van der Waals surface area contributed by atoms with Crippen molar-refractivity contribution in [3.05, 3.63) is 48.0 Å². The van der Waals surface area contributed by atoms with Gasteiger partial charge in [-0.1, -0.05) is 37.3 Å². The molecule has 6 heteroatoms. The maximum Gasteiger partial charge on any atom is 0.174 e. The molecule has 1 aromatic rings. The summed E-state index contributed by atoms with van der Waals surface area (Å²) in [7, 11) is 2.21. The van der Waals surface area contributed by atoms with Gasteiger partial charge in [-0.2, -0.15) is 0 Å². The summed E-state index contributed by atoms with van der Waals surface area (Å²) in [6, 6.07) is 3.20. The van der Waals surface area contributed by atoms with E-state index in [4.69, 9.17) is 25.8 Å². The van der Waals surface area contributed by atoms with E-state index in [-0.39, 0.29) is 5.92 Å². The van der Waals surface area contributed by atoms with Crippen molar-refractivity contribution >= 4 is 19.7 Å². The van der Waals surface area contributed by atoms with Crippen LogP contribution in [0.3, 0.4) is 0 Å². The molecule has 1 aliphatic rings. The number of aromatic nitrogens is 1. The molecule has 0 bridgehead atoms. The molecule has 1 aromatic heterocycles. The van der Waals surface area contributed by atoms with Crippen LogP contribution in [0.15, 0.2) is 42.4 Å². The summed E-state index contributed by atoms with van der Waals surface area (Å²) in [4.78, 5) is 0. The lowest BCUT2D eigenvalue weighted by atomic mass is 9.89. The quantitative estimate of drug-likeness (QED) is 0.382. The highest BCUT2D eigenvalue weighted by Gasteiger charge is 2.41. The molecule has 2 rings (SSSR count). The Bertz CT molecular complexity index is 606. The minimum Gasteiger partial charge on any atom is -0.500 e. The second kappa shape index (κ2) is 7.91. The van der Waals surface area contributed by atoms with E-state index in [1.54, 1.807) is 14.2 Å². The zero-order valence-corrected chi connectivity index (χ0v) is 17.0. The van der Waals surface area contributed by atoms with E-state index in [0.29, 0.717) is 6.73 Å². The van der Waals surface area contributed by atoms with Crippen LogP contribution in [-0.2, 0) is 20.9 Å². The van der Waals surface area contributed by atoms with Crippen LogP contribution in [-0.4, -0.2) is 38.5 Å². The molecule has 1 heterocycles. The number of nitrogens with zero attached hydrogens (tertiary/aromatic N) is 1. The summed E-state index contributed by atoms with van der Waals surface area (Å²) in [6.45, 7) is 8.40. The SMILES string of the molecule is COC1=CC=CC(Cl)(OC)C1c1ccn(COCC[Si](C)(C)C)c1. The molecular weight excluding hydrogens is 342 g/mol. The lowest BCUT2D eigenvalue weighted by Crippen LogP contribution is -2.33. The molecule has 1 aliphatic carbocycles. The van der Waals surface area contributed by atoms with Gasteiger partial charge in [0.25, 0.3) is 0 Å². The number of alkyl halides is 1. The fraction of sp³-hybridized carbons (Fsp3) is 0.556. The van der Waals surface area contributed by atoms with Gasteiger partial charge in [0.2, 0.25) is 0 Å². The number of methoxy groups -OCH3 is 2. The third-order valence-corrected chi connectivity index (χ3v) is 6.36. The van der Waals surface area contributed by atoms with Gasteiger partial charge in [0.1, 0.15) is 12.5 Å². The monoisotopic (exact) mass is 369 g/mol. The van der Waals surface area contributed by atoms with Crippen molar-refractivity contribution in [2.75, 3.05) is 20.8 Å². The first-order valence-corrected chi connectivity index (χ1v) is 12.3. The van der Waals surface area contributed by atoms with Gasteiger partial charge < -0.3 is 18.8 Å². The standard InChI is InChI=1S/C18H28ClNO3Si/c1-21-16-7-6-9-18(19,22-2)17(16)15-8-10-20(13-15)14-23-11-12-24(3,4)5/h6-10,13,17H,11-12,14H2,1-5H3. The molecule has 0 aliphatic heterocycles. The molecule has 24 heavy (non-hydrogen) atoms. The van der Waals surface area contributed by atoms with Crippen LogP contribution in [0.25, 0.3) is 0 Å². The highest BCUT2D eigenvalue weighted by atomic mass is 35.5. The number of rotatable bonds is 8. The zero-order valence-electron chi connectivity index (χ0n) is 15.2. The Morgan fingerprint density at radius 3 is 2.67 bits per heavy atom. The van der Waals surface area contributed by atoms with Gasteiger partial charge in [-0.3, -0.25) is 0 Å². The smallest absolute Gasteiger partial charge is 0.174 e. The summed E-state index contributed by atoms with van der Waals surface area (Å²) < 4.78 is 18.9. The highest BCUT2D eigenvalue weighted by Crippen LogP contribution is 2.43. The van der Waals surface area contributed by atoms with Gasteiger partial charge in [-0.05, 0) is 29.8 Å². The third kappa shape index (κ3) is 4.76. The van der Waals surface area contributed by atoms with Crippen LogP contribution in [0.4, 0.5) is 0 Å². The summed E-state index contributed by atoms with van der Waals surface area (Å²) >= 11 is 6.65. The Hall–Kier alpha value is -1.01. The Morgan fingerprint density at radius 2 is 2.04 bits per heavy atom. The Balaban J connectivity index is 2.05. The summed E-state index contributed by atoms with van der Waals surface area (Å²) in [5.41, 5.74) is 1.04. The predicted molar refractivity (Wildman–Crippen MR) is 101 cm³/mol. The van der Waals surface area contributed by atoms with Crippen molar-refractivity contribution < 1.29 is 14.2 Å². The molecule has 4 nitrogen and oxygen atoms in total. The molecule has 0 radical (unpaired) electrons. The molecule has 2 unspecified atom stereocenters. The fourth-order valence-electron chi connectivity index (χ4n) is 2.68. The van der Waals surface area contributed by atoms with E-state index in [1.807, 2.05) is 41.3 Å². The molecule has 2 atom stereocenters. The molecule has 0 fully saturated rings. The van der Waals surface area contributed by atoms with Crippen LogP contribution in [0.1, 0.15) is 11.5 Å². The van der Waals surface area contributed by atoms with Gasteiger partial charge in [0.05, 0.1) is 13.0 Å². The van der Waals surface area contributed by atoms with E-state index in [9.17, 15) is 0 Å². The van der Waals surface area contributed by atoms with Crippen LogP contribution in [0, 0.1) is 0 Å². The first-order valence-electron chi connectivity index (χ1n) is 8.20. The molecule has 0 aromatic carbocycles. The predicted octanol–water partition coefficient (Wildman–Crippen LogP) is 4.57. The van der Waals surface area contributed by atoms with E-state index in [1.165, 1.54) is 6.04 Å².